The van der Waals surface area contributed by atoms with E-state index in [2.05, 4.69) is 26.2 Å². The van der Waals surface area contributed by atoms with E-state index in [1.807, 2.05) is 18.2 Å². The molecule has 96 valence electrons. The van der Waals surface area contributed by atoms with Crippen LogP contribution >= 0.6 is 27.3 Å². The topological polar surface area (TPSA) is 65.8 Å². The summed E-state index contributed by atoms with van der Waals surface area (Å²) in [6.45, 7) is 0. The first-order valence-corrected chi connectivity index (χ1v) is 7.18. The van der Waals surface area contributed by atoms with E-state index in [9.17, 15) is 4.79 Å². The number of aryl methyl sites for hydroxylation is 1. The van der Waals surface area contributed by atoms with E-state index in [1.54, 1.807) is 23.5 Å². The van der Waals surface area contributed by atoms with Gasteiger partial charge in [-0.05, 0) is 46.6 Å². The molecule has 0 bridgehead atoms. The number of carbonyl (C=O) groups is 1. The van der Waals surface area contributed by atoms with Crippen molar-refractivity contribution >= 4 is 39.0 Å². The van der Waals surface area contributed by atoms with Gasteiger partial charge in [-0.15, -0.1) is 11.3 Å². The summed E-state index contributed by atoms with van der Waals surface area (Å²) in [5.41, 5.74) is 0.474. The van der Waals surface area contributed by atoms with Crippen molar-refractivity contribution in [3.63, 3.8) is 0 Å². The van der Waals surface area contributed by atoms with Gasteiger partial charge in [-0.25, -0.2) is 4.98 Å². The van der Waals surface area contributed by atoms with E-state index < -0.39 is 0 Å². The lowest BCUT2D eigenvalue weighted by atomic mass is 10.2. The highest BCUT2D eigenvalue weighted by atomic mass is 79.9. The highest BCUT2D eigenvalue weighted by Gasteiger charge is 2.05. The van der Waals surface area contributed by atoms with E-state index in [0.29, 0.717) is 24.2 Å². The van der Waals surface area contributed by atoms with Crippen LogP contribution in [-0.4, -0.2) is 10.9 Å². The van der Waals surface area contributed by atoms with Crippen LogP contribution in [0.2, 0.25) is 0 Å². The third-order valence-electron chi connectivity index (χ3n) is 2.39. The predicted octanol–water partition coefficient (Wildman–Crippen LogP) is 3.35. The number of anilines is 1. The maximum absolute atomic E-state index is 11.7. The predicted molar refractivity (Wildman–Crippen MR) is 77.9 cm³/mol. The third-order valence-corrected chi connectivity index (χ3v) is 4.07. The Hall–Kier alpha value is -1.71. The van der Waals surface area contributed by atoms with Crippen LogP contribution in [0.1, 0.15) is 16.9 Å². The van der Waals surface area contributed by atoms with Crippen LogP contribution in [0.3, 0.4) is 0 Å². The molecule has 0 atom stereocenters. The maximum atomic E-state index is 11.7. The zero-order valence-corrected chi connectivity index (χ0v) is 12.3. The zero-order valence-electron chi connectivity index (χ0n) is 9.89. The highest BCUT2D eigenvalue weighted by molar-refractivity contribution is 9.11. The van der Waals surface area contributed by atoms with E-state index in [-0.39, 0.29) is 5.91 Å². The van der Waals surface area contributed by atoms with E-state index in [1.165, 1.54) is 6.20 Å². The number of nitrogens with zero attached hydrogens (tertiary/aromatic N) is 2. The van der Waals surface area contributed by atoms with Crippen molar-refractivity contribution in [2.24, 2.45) is 0 Å². The lowest BCUT2D eigenvalue weighted by Gasteiger charge is -2.03. The molecule has 2 rings (SSSR count). The first kappa shape index (κ1) is 13.7. The summed E-state index contributed by atoms with van der Waals surface area (Å²) in [6.07, 6.45) is 2.55. The van der Waals surface area contributed by atoms with Crippen LogP contribution < -0.4 is 5.32 Å². The number of rotatable bonds is 4. The quantitative estimate of drug-likeness (QED) is 0.931. The van der Waals surface area contributed by atoms with Crippen molar-refractivity contribution in [3.8, 4) is 6.07 Å². The van der Waals surface area contributed by atoms with Crippen LogP contribution in [0.5, 0.6) is 0 Å². The monoisotopic (exact) mass is 335 g/mol. The van der Waals surface area contributed by atoms with Gasteiger partial charge in [-0.1, -0.05) is 0 Å². The van der Waals surface area contributed by atoms with Gasteiger partial charge in [-0.2, -0.15) is 5.26 Å². The fraction of sp³-hybridized carbons (Fsp3) is 0.154. The zero-order chi connectivity index (χ0) is 13.7. The van der Waals surface area contributed by atoms with Gasteiger partial charge < -0.3 is 5.32 Å². The van der Waals surface area contributed by atoms with Crippen molar-refractivity contribution < 1.29 is 4.79 Å². The van der Waals surface area contributed by atoms with Crippen LogP contribution in [-0.2, 0) is 11.2 Å². The molecule has 1 amide bonds. The lowest BCUT2D eigenvalue weighted by Crippen LogP contribution is -2.13. The molecular formula is C13H10BrN3OS. The van der Waals surface area contributed by atoms with Crippen molar-refractivity contribution in [1.82, 2.24) is 4.98 Å². The minimum absolute atomic E-state index is 0.0817. The van der Waals surface area contributed by atoms with E-state index in [0.717, 1.165) is 8.66 Å². The van der Waals surface area contributed by atoms with Gasteiger partial charge in [0.15, 0.2) is 0 Å². The Kier molecular flexibility index (Phi) is 4.66. The second-order valence-corrected chi connectivity index (χ2v) is 6.35. The van der Waals surface area contributed by atoms with Crippen molar-refractivity contribution in [3.05, 3.63) is 44.7 Å². The summed E-state index contributed by atoms with van der Waals surface area (Å²) in [7, 11) is 0. The summed E-state index contributed by atoms with van der Waals surface area (Å²) in [5, 5.41) is 11.3. The Morgan fingerprint density at radius 3 is 2.84 bits per heavy atom. The molecule has 0 spiro atoms. The molecule has 19 heavy (non-hydrogen) atoms. The molecule has 0 aliphatic heterocycles. The summed E-state index contributed by atoms with van der Waals surface area (Å²) >= 11 is 5.01. The average molecular weight is 336 g/mol. The molecule has 2 aromatic rings. The van der Waals surface area contributed by atoms with Crippen LogP contribution in [0.4, 0.5) is 5.82 Å². The number of hydrogen-bond acceptors (Lipinski definition) is 4. The van der Waals surface area contributed by atoms with Gasteiger partial charge in [0.25, 0.3) is 0 Å². The van der Waals surface area contributed by atoms with Gasteiger partial charge in [0.05, 0.1) is 9.35 Å². The molecule has 0 radical (unpaired) electrons. The summed E-state index contributed by atoms with van der Waals surface area (Å²) in [5.74, 6) is 0.387. The average Bonchev–Trinajstić information content (AvgIpc) is 2.83. The van der Waals surface area contributed by atoms with Crippen LogP contribution in [0.25, 0.3) is 0 Å². The third kappa shape index (κ3) is 4.16. The summed E-state index contributed by atoms with van der Waals surface area (Å²) in [4.78, 5) is 16.9. The molecule has 0 unspecified atom stereocenters. The molecule has 0 saturated carbocycles. The standard InChI is InChI=1S/C13H10BrN3OS/c14-11-4-2-10(19-11)3-6-13(18)17-12-5-1-9(7-15)8-16-12/h1-2,4-5,8H,3,6H2,(H,16,17,18). The molecule has 0 aliphatic rings. The molecule has 4 nitrogen and oxygen atoms in total. The second-order valence-electron chi connectivity index (χ2n) is 3.80. The van der Waals surface area contributed by atoms with Gasteiger partial charge in [-0.3, -0.25) is 4.79 Å². The van der Waals surface area contributed by atoms with Gasteiger partial charge in [0, 0.05) is 17.5 Å². The summed E-state index contributed by atoms with van der Waals surface area (Å²) < 4.78 is 1.07. The Balaban J connectivity index is 1.85. The van der Waals surface area contributed by atoms with Crippen molar-refractivity contribution in [2.45, 2.75) is 12.8 Å². The Morgan fingerprint density at radius 2 is 2.26 bits per heavy atom. The molecule has 1 N–H and O–H groups in total. The van der Waals surface area contributed by atoms with Gasteiger partial charge in [0.2, 0.25) is 5.91 Å². The number of nitrogens with one attached hydrogen (secondary N) is 1. The SMILES string of the molecule is N#Cc1ccc(NC(=O)CCc2ccc(Br)s2)nc1. The Bertz CT molecular complexity index is 616. The highest BCUT2D eigenvalue weighted by Crippen LogP contribution is 2.23. The number of amides is 1. The number of hydrogen-bond donors (Lipinski definition) is 1. The normalized spacial score (nSPS) is 9.89. The van der Waals surface area contributed by atoms with E-state index >= 15 is 0 Å². The number of aromatic nitrogens is 1. The fourth-order valence-electron chi connectivity index (χ4n) is 1.46. The van der Waals surface area contributed by atoms with E-state index in [4.69, 9.17) is 5.26 Å². The molecule has 0 fully saturated rings. The van der Waals surface area contributed by atoms with Crippen LogP contribution in [0, 0.1) is 11.3 Å². The fourth-order valence-corrected chi connectivity index (χ4v) is 2.94. The molecule has 2 heterocycles. The molecule has 0 saturated heterocycles. The number of halogens is 1. The first-order chi connectivity index (χ1) is 9.17. The molecule has 2 aromatic heterocycles. The Labute approximate surface area is 123 Å². The molecule has 0 aliphatic carbocycles. The molecule has 6 heteroatoms. The number of carbonyl (C=O) groups excluding carboxylic acids is 1. The second kappa shape index (κ2) is 6.45. The molecule has 0 aromatic carbocycles. The number of nitriles is 1. The van der Waals surface area contributed by atoms with Crippen molar-refractivity contribution in [1.29, 1.82) is 5.26 Å². The smallest absolute Gasteiger partial charge is 0.225 e. The van der Waals surface area contributed by atoms with Gasteiger partial charge in [0.1, 0.15) is 11.9 Å². The maximum Gasteiger partial charge on any atom is 0.225 e. The minimum Gasteiger partial charge on any atom is -0.311 e. The van der Waals surface area contributed by atoms with Crippen molar-refractivity contribution in [2.75, 3.05) is 5.32 Å². The lowest BCUT2D eigenvalue weighted by molar-refractivity contribution is -0.116. The van der Waals surface area contributed by atoms with Gasteiger partial charge >= 0.3 is 0 Å². The largest absolute Gasteiger partial charge is 0.311 e. The Morgan fingerprint density at radius 1 is 1.42 bits per heavy atom. The first-order valence-electron chi connectivity index (χ1n) is 5.57. The number of pyridine rings is 1. The summed E-state index contributed by atoms with van der Waals surface area (Å²) in [6, 6.07) is 9.20. The number of thiophene rings is 1. The minimum atomic E-state index is -0.0817. The molecular weight excluding hydrogens is 326 g/mol. The van der Waals surface area contributed by atoms with Crippen LogP contribution in [0.15, 0.2) is 34.2 Å².